The minimum atomic E-state index is 0.871. The Hall–Kier alpha value is -4.24. The normalized spacial score (nSPS) is 11.2. The number of fused-ring (bicyclic) bond motifs is 3. The molecule has 3 aromatic heterocycles. The lowest BCUT2D eigenvalue weighted by molar-refractivity contribution is 1.25. The van der Waals surface area contributed by atoms with Crippen LogP contribution in [0.2, 0.25) is 0 Å². The average molecular weight is 397 g/mol. The van der Waals surface area contributed by atoms with Crippen LogP contribution in [0.3, 0.4) is 0 Å². The number of rotatable bonds is 3. The van der Waals surface area contributed by atoms with Crippen molar-refractivity contribution < 1.29 is 0 Å². The molecule has 0 saturated carbocycles. The summed E-state index contributed by atoms with van der Waals surface area (Å²) in [5, 5.41) is 2.43. The number of hydrogen-bond acceptors (Lipinski definition) is 2. The molecule has 0 bridgehead atoms. The third-order valence-corrected chi connectivity index (χ3v) is 5.71. The number of H-pyrrole nitrogens is 1. The summed E-state index contributed by atoms with van der Waals surface area (Å²) >= 11 is 0. The van der Waals surface area contributed by atoms with Gasteiger partial charge in [0, 0.05) is 28.1 Å². The van der Waals surface area contributed by atoms with Crippen molar-refractivity contribution in [1.82, 2.24) is 15.0 Å². The molecule has 0 aliphatic heterocycles. The molecule has 3 heterocycles. The Morgan fingerprint density at radius 2 is 1.13 bits per heavy atom. The molecule has 3 heteroatoms. The second kappa shape index (κ2) is 7.22. The van der Waals surface area contributed by atoms with E-state index in [9.17, 15) is 0 Å². The predicted octanol–water partition coefficient (Wildman–Crippen LogP) is 7.11. The van der Waals surface area contributed by atoms with Gasteiger partial charge in [-0.15, -0.1) is 0 Å². The second-order valence-corrected chi connectivity index (χ2v) is 7.57. The molecule has 3 nitrogen and oxygen atoms in total. The summed E-state index contributed by atoms with van der Waals surface area (Å²) < 4.78 is 0. The van der Waals surface area contributed by atoms with Crippen LogP contribution < -0.4 is 0 Å². The molecule has 0 saturated heterocycles. The van der Waals surface area contributed by atoms with Gasteiger partial charge in [-0.25, -0.2) is 4.98 Å². The first-order chi connectivity index (χ1) is 15.4. The lowest BCUT2D eigenvalue weighted by Crippen LogP contribution is -1.90. The fourth-order valence-electron chi connectivity index (χ4n) is 4.26. The zero-order valence-corrected chi connectivity index (χ0v) is 16.8. The number of nitrogens with zero attached hydrogens (tertiary/aromatic N) is 2. The number of aromatic nitrogens is 3. The molecular weight excluding hydrogens is 378 g/mol. The lowest BCUT2D eigenvalue weighted by Gasteiger charge is -2.06. The van der Waals surface area contributed by atoms with Crippen LogP contribution in [0.25, 0.3) is 55.6 Å². The highest BCUT2D eigenvalue weighted by Gasteiger charge is 2.14. The minimum absolute atomic E-state index is 0.871. The number of pyridine rings is 2. The van der Waals surface area contributed by atoms with E-state index in [1.165, 1.54) is 21.9 Å². The van der Waals surface area contributed by atoms with E-state index in [1.807, 2.05) is 36.4 Å². The molecule has 1 N–H and O–H groups in total. The molecular formula is C28H19N3. The van der Waals surface area contributed by atoms with E-state index in [0.29, 0.717) is 0 Å². The highest BCUT2D eigenvalue weighted by atomic mass is 14.8. The fraction of sp³-hybridized carbons (Fsp3) is 0. The van der Waals surface area contributed by atoms with Crippen molar-refractivity contribution in [3.8, 4) is 33.8 Å². The van der Waals surface area contributed by atoms with Crippen molar-refractivity contribution >= 4 is 21.8 Å². The first-order valence-electron chi connectivity index (χ1n) is 10.4. The number of aromatic amines is 1. The van der Waals surface area contributed by atoms with E-state index in [1.54, 1.807) is 6.20 Å². The predicted molar refractivity (Wildman–Crippen MR) is 128 cm³/mol. The zero-order valence-electron chi connectivity index (χ0n) is 16.8. The van der Waals surface area contributed by atoms with Crippen LogP contribution in [-0.4, -0.2) is 15.0 Å². The maximum Gasteiger partial charge on any atom is 0.0893 e. The number of hydrogen-bond donors (Lipinski definition) is 1. The maximum atomic E-state index is 4.93. The molecule has 0 unspecified atom stereocenters. The summed E-state index contributed by atoms with van der Waals surface area (Å²) in [6.45, 7) is 0. The molecule has 6 aromatic rings. The van der Waals surface area contributed by atoms with E-state index in [2.05, 4.69) is 76.7 Å². The molecule has 0 atom stereocenters. The summed E-state index contributed by atoms with van der Waals surface area (Å²) in [6, 6.07) is 35.4. The molecule has 6 rings (SSSR count). The Kier molecular flexibility index (Phi) is 4.10. The molecule has 3 aromatic carbocycles. The highest BCUT2D eigenvalue weighted by Crippen LogP contribution is 2.37. The summed E-state index contributed by atoms with van der Waals surface area (Å²) in [5.74, 6) is 0. The average Bonchev–Trinajstić information content (AvgIpc) is 3.24. The zero-order chi connectivity index (χ0) is 20.6. The summed E-state index contributed by atoms with van der Waals surface area (Å²) in [6.07, 6.45) is 1.80. The first kappa shape index (κ1) is 17.6. The van der Waals surface area contributed by atoms with Crippen molar-refractivity contribution in [2.75, 3.05) is 0 Å². The smallest absolute Gasteiger partial charge is 0.0893 e. The molecule has 0 aliphatic carbocycles. The van der Waals surface area contributed by atoms with Gasteiger partial charge in [0.2, 0.25) is 0 Å². The van der Waals surface area contributed by atoms with Gasteiger partial charge in [-0.2, -0.15) is 0 Å². The Bertz CT molecular complexity index is 1520. The van der Waals surface area contributed by atoms with Crippen molar-refractivity contribution in [3.63, 3.8) is 0 Å². The van der Waals surface area contributed by atoms with Crippen molar-refractivity contribution in [2.45, 2.75) is 0 Å². The Morgan fingerprint density at radius 1 is 0.484 bits per heavy atom. The third kappa shape index (κ3) is 2.99. The topological polar surface area (TPSA) is 41.6 Å². The Labute approximate surface area is 180 Å². The number of benzene rings is 3. The van der Waals surface area contributed by atoms with Gasteiger partial charge in [-0.05, 0) is 29.8 Å². The molecule has 0 spiro atoms. The van der Waals surface area contributed by atoms with Crippen molar-refractivity contribution in [1.29, 1.82) is 0 Å². The second-order valence-electron chi connectivity index (χ2n) is 7.57. The SMILES string of the molecule is c1ccc(-c2cccc3c2[nH]c2c(-c4cccc(-c5ccccn5)n4)cccc23)cc1. The number of nitrogens with one attached hydrogen (secondary N) is 1. The van der Waals surface area contributed by atoms with Crippen LogP contribution in [0, 0.1) is 0 Å². The molecule has 0 radical (unpaired) electrons. The molecule has 31 heavy (non-hydrogen) atoms. The van der Waals surface area contributed by atoms with E-state index in [-0.39, 0.29) is 0 Å². The Morgan fingerprint density at radius 3 is 1.90 bits per heavy atom. The van der Waals surface area contributed by atoms with Gasteiger partial charge < -0.3 is 4.98 Å². The molecule has 0 amide bonds. The molecule has 146 valence electrons. The molecule has 0 aliphatic rings. The van der Waals surface area contributed by atoms with E-state index in [4.69, 9.17) is 4.98 Å². The maximum absolute atomic E-state index is 4.93. The monoisotopic (exact) mass is 397 g/mol. The standard InChI is InChI=1S/C28H19N3/c1-2-9-19(10-3-1)20-11-6-12-21-22-13-7-14-23(28(22)31-27(20)21)24-16-8-17-26(30-24)25-15-4-5-18-29-25/h1-18,31H. The third-order valence-electron chi connectivity index (χ3n) is 5.71. The largest absolute Gasteiger partial charge is 0.353 e. The van der Waals surface area contributed by atoms with Crippen LogP contribution in [-0.2, 0) is 0 Å². The quantitative estimate of drug-likeness (QED) is 0.346. The van der Waals surface area contributed by atoms with Crippen molar-refractivity contribution in [3.05, 3.63) is 109 Å². The van der Waals surface area contributed by atoms with E-state index in [0.717, 1.165) is 33.7 Å². The summed E-state index contributed by atoms with van der Waals surface area (Å²) in [5.41, 5.74) is 8.43. The van der Waals surface area contributed by atoms with Crippen LogP contribution in [0.4, 0.5) is 0 Å². The lowest BCUT2D eigenvalue weighted by atomic mass is 10.0. The Balaban J connectivity index is 1.58. The van der Waals surface area contributed by atoms with Gasteiger partial charge in [-0.3, -0.25) is 4.98 Å². The summed E-state index contributed by atoms with van der Waals surface area (Å²) in [7, 11) is 0. The van der Waals surface area contributed by atoms with Gasteiger partial charge >= 0.3 is 0 Å². The van der Waals surface area contributed by atoms with Gasteiger partial charge in [0.15, 0.2) is 0 Å². The first-order valence-corrected chi connectivity index (χ1v) is 10.4. The number of para-hydroxylation sites is 2. The van der Waals surface area contributed by atoms with Gasteiger partial charge in [0.25, 0.3) is 0 Å². The van der Waals surface area contributed by atoms with Crippen molar-refractivity contribution in [2.24, 2.45) is 0 Å². The summed E-state index contributed by atoms with van der Waals surface area (Å²) in [4.78, 5) is 13.1. The van der Waals surface area contributed by atoms with Gasteiger partial charge in [0.1, 0.15) is 0 Å². The van der Waals surface area contributed by atoms with Gasteiger partial charge in [0.05, 0.1) is 28.1 Å². The fourth-order valence-corrected chi connectivity index (χ4v) is 4.26. The van der Waals surface area contributed by atoms with Gasteiger partial charge in [-0.1, -0.05) is 78.9 Å². The van der Waals surface area contributed by atoms with Crippen LogP contribution in [0.1, 0.15) is 0 Å². The van der Waals surface area contributed by atoms with E-state index < -0.39 is 0 Å². The van der Waals surface area contributed by atoms with E-state index >= 15 is 0 Å². The van der Waals surface area contributed by atoms with Crippen LogP contribution in [0.15, 0.2) is 109 Å². The van der Waals surface area contributed by atoms with Crippen LogP contribution in [0.5, 0.6) is 0 Å². The molecule has 0 fully saturated rings. The highest BCUT2D eigenvalue weighted by molar-refractivity contribution is 6.15. The minimum Gasteiger partial charge on any atom is -0.353 e. The van der Waals surface area contributed by atoms with Crippen LogP contribution >= 0.6 is 0 Å².